The summed E-state index contributed by atoms with van der Waals surface area (Å²) in [5.41, 5.74) is 2.03. The Labute approximate surface area is 177 Å². The molecule has 1 atom stereocenters. The molecule has 1 amide bonds. The van der Waals surface area contributed by atoms with Crippen molar-refractivity contribution in [2.75, 3.05) is 38.7 Å². The molecule has 1 aliphatic heterocycles. The van der Waals surface area contributed by atoms with Gasteiger partial charge in [-0.2, -0.15) is 0 Å². The standard InChI is InChI=1S/C22H27Cl2N3O/c1-5-26(6-2)14-13-22(16-7-9-17(23)10-8-16)19-12-11-18(24)15-20(19)27(21(22)28)25(3)4/h7-12,15H,5-6,13-14H2,1-4H3/t22-/m1/s1. The van der Waals surface area contributed by atoms with Gasteiger partial charge in [0.2, 0.25) is 0 Å². The van der Waals surface area contributed by atoms with E-state index in [0.29, 0.717) is 16.5 Å². The molecule has 0 aliphatic carbocycles. The summed E-state index contributed by atoms with van der Waals surface area (Å²) < 4.78 is 0. The Hall–Kier alpha value is -1.59. The summed E-state index contributed by atoms with van der Waals surface area (Å²) >= 11 is 12.4. The lowest BCUT2D eigenvalue weighted by atomic mass is 9.72. The maximum Gasteiger partial charge on any atom is 0.256 e. The number of rotatable bonds is 7. The van der Waals surface area contributed by atoms with Crippen LogP contribution in [-0.2, 0) is 10.2 Å². The van der Waals surface area contributed by atoms with Crippen LogP contribution < -0.4 is 5.01 Å². The summed E-state index contributed by atoms with van der Waals surface area (Å²) in [4.78, 5) is 16.2. The molecule has 1 aliphatic rings. The molecule has 0 radical (unpaired) electrons. The van der Waals surface area contributed by atoms with E-state index in [1.165, 1.54) is 0 Å². The Balaban J connectivity index is 2.20. The van der Waals surface area contributed by atoms with Crippen molar-refractivity contribution in [2.45, 2.75) is 25.7 Å². The second-order valence-corrected chi connectivity index (χ2v) is 8.19. The third-order valence-electron chi connectivity index (χ3n) is 5.64. The molecule has 28 heavy (non-hydrogen) atoms. The van der Waals surface area contributed by atoms with Crippen LogP contribution in [0.25, 0.3) is 0 Å². The fourth-order valence-corrected chi connectivity index (χ4v) is 4.40. The number of amides is 1. The molecular formula is C22H27Cl2N3O. The Kier molecular flexibility index (Phi) is 6.35. The molecule has 0 aromatic heterocycles. The smallest absolute Gasteiger partial charge is 0.256 e. The first-order valence-corrected chi connectivity index (χ1v) is 10.4. The predicted molar refractivity (Wildman–Crippen MR) is 117 cm³/mol. The number of carbonyl (C=O) groups is 1. The van der Waals surface area contributed by atoms with Crippen LogP contribution >= 0.6 is 23.2 Å². The number of fused-ring (bicyclic) bond motifs is 1. The first-order chi connectivity index (χ1) is 13.3. The van der Waals surface area contributed by atoms with Crippen molar-refractivity contribution < 1.29 is 4.79 Å². The number of nitrogens with zero attached hydrogens (tertiary/aromatic N) is 3. The third-order valence-corrected chi connectivity index (χ3v) is 6.13. The molecule has 1 heterocycles. The van der Waals surface area contributed by atoms with Crippen LogP contribution in [0.2, 0.25) is 10.0 Å². The number of carbonyl (C=O) groups excluding carboxylic acids is 1. The van der Waals surface area contributed by atoms with Gasteiger partial charge in [0.1, 0.15) is 5.41 Å². The fraction of sp³-hybridized carbons (Fsp3) is 0.409. The Morgan fingerprint density at radius 2 is 1.57 bits per heavy atom. The number of halogens is 2. The summed E-state index contributed by atoms with van der Waals surface area (Å²) in [5, 5.41) is 4.84. The highest BCUT2D eigenvalue weighted by atomic mass is 35.5. The van der Waals surface area contributed by atoms with Gasteiger partial charge in [0, 0.05) is 24.1 Å². The van der Waals surface area contributed by atoms with Crippen molar-refractivity contribution in [1.29, 1.82) is 0 Å². The average molecular weight is 420 g/mol. The molecule has 0 spiro atoms. The minimum Gasteiger partial charge on any atom is -0.304 e. The lowest BCUT2D eigenvalue weighted by molar-refractivity contribution is -0.124. The summed E-state index contributed by atoms with van der Waals surface area (Å²) in [6, 6.07) is 13.4. The van der Waals surface area contributed by atoms with Gasteiger partial charge < -0.3 is 4.90 Å². The normalized spacial score (nSPS) is 19.0. The minimum atomic E-state index is -0.766. The fourth-order valence-electron chi connectivity index (χ4n) is 4.11. The summed E-state index contributed by atoms with van der Waals surface area (Å²) in [7, 11) is 3.76. The molecule has 2 aromatic rings. The SMILES string of the molecule is CCN(CC)CC[C@]1(c2ccc(Cl)cc2)C(=O)N(N(C)C)c2cc(Cl)ccc21. The van der Waals surface area contributed by atoms with E-state index >= 15 is 0 Å². The maximum absolute atomic E-state index is 13.9. The van der Waals surface area contributed by atoms with Gasteiger partial charge in [0.15, 0.2) is 0 Å². The van der Waals surface area contributed by atoms with Gasteiger partial charge in [-0.05, 0) is 61.4 Å². The van der Waals surface area contributed by atoms with Crippen molar-refractivity contribution >= 4 is 34.8 Å². The molecule has 4 nitrogen and oxygen atoms in total. The lowest BCUT2D eigenvalue weighted by Gasteiger charge is -2.33. The second kappa shape index (κ2) is 8.42. The monoisotopic (exact) mass is 419 g/mol. The van der Waals surface area contributed by atoms with E-state index in [-0.39, 0.29) is 5.91 Å². The molecule has 0 bridgehead atoms. The molecule has 3 rings (SSSR count). The Morgan fingerprint density at radius 3 is 2.14 bits per heavy atom. The minimum absolute atomic E-state index is 0.0456. The zero-order chi connectivity index (χ0) is 20.5. The van der Waals surface area contributed by atoms with Gasteiger partial charge in [-0.25, -0.2) is 10.0 Å². The van der Waals surface area contributed by atoms with Crippen molar-refractivity contribution in [3.05, 3.63) is 63.6 Å². The van der Waals surface area contributed by atoms with Crippen molar-refractivity contribution in [1.82, 2.24) is 9.91 Å². The van der Waals surface area contributed by atoms with Crippen LogP contribution in [0.1, 0.15) is 31.4 Å². The molecule has 0 saturated heterocycles. The maximum atomic E-state index is 13.9. The van der Waals surface area contributed by atoms with Crippen LogP contribution in [0.3, 0.4) is 0 Å². The van der Waals surface area contributed by atoms with Gasteiger partial charge in [0.05, 0.1) is 5.69 Å². The third kappa shape index (κ3) is 3.55. The zero-order valence-electron chi connectivity index (χ0n) is 16.9. The van der Waals surface area contributed by atoms with Crippen LogP contribution in [0, 0.1) is 0 Å². The van der Waals surface area contributed by atoms with E-state index in [9.17, 15) is 4.79 Å². The van der Waals surface area contributed by atoms with E-state index in [0.717, 1.165) is 36.4 Å². The van der Waals surface area contributed by atoms with Gasteiger partial charge in [0.25, 0.3) is 5.91 Å². The molecule has 150 valence electrons. The topological polar surface area (TPSA) is 26.8 Å². The number of hydrazine groups is 1. The van der Waals surface area contributed by atoms with E-state index in [1.54, 1.807) is 5.01 Å². The van der Waals surface area contributed by atoms with E-state index in [1.807, 2.05) is 61.6 Å². The van der Waals surface area contributed by atoms with Gasteiger partial charge >= 0.3 is 0 Å². The van der Waals surface area contributed by atoms with Crippen LogP contribution in [0.15, 0.2) is 42.5 Å². The molecule has 6 heteroatoms. The molecule has 0 fully saturated rings. The first-order valence-electron chi connectivity index (χ1n) is 9.65. The van der Waals surface area contributed by atoms with Gasteiger partial charge in [-0.15, -0.1) is 0 Å². The zero-order valence-corrected chi connectivity index (χ0v) is 18.4. The molecule has 0 N–H and O–H groups in total. The van der Waals surface area contributed by atoms with Crippen LogP contribution in [0.4, 0.5) is 5.69 Å². The number of hydrogen-bond donors (Lipinski definition) is 0. The van der Waals surface area contributed by atoms with E-state index < -0.39 is 5.41 Å². The summed E-state index contributed by atoms with van der Waals surface area (Å²) in [6.45, 7) is 7.02. The average Bonchev–Trinajstić information content (AvgIpc) is 2.91. The van der Waals surface area contributed by atoms with Crippen molar-refractivity contribution in [3.8, 4) is 0 Å². The summed E-state index contributed by atoms with van der Waals surface area (Å²) in [6.07, 6.45) is 0.689. The second-order valence-electron chi connectivity index (χ2n) is 7.31. The van der Waals surface area contributed by atoms with E-state index in [2.05, 4.69) is 18.7 Å². The van der Waals surface area contributed by atoms with Crippen LogP contribution in [0.5, 0.6) is 0 Å². The van der Waals surface area contributed by atoms with Crippen LogP contribution in [-0.4, -0.2) is 49.5 Å². The Morgan fingerprint density at radius 1 is 0.964 bits per heavy atom. The van der Waals surface area contributed by atoms with Crippen molar-refractivity contribution in [3.63, 3.8) is 0 Å². The number of anilines is 1. The number of benzene rings is 2. The number of hydrogen-bond acceptors (Lipinski definition) is 3. The lowest BCUT2D eigenvalue weighted by Crippen LogP contribution is -2.48. The quantitative estimate of drug-likeness (QED) is 0.642. The predicted octanol–water partition coefficient (Wildman–Crippen LogP) is 4.83. The van der Waals surface area contributed by atoms with Gasteiger partial charge in [-0.1, -0.05) is 55.2 Å². The highest BCUT2D eigenvalue weighted by molar-refractivity contribution is 6.31. The largest absolute Gasteiger partial charge is 0.304 e. The molecular weight excluding hydrogens is 393 g/mol. The van der Waals surface area contributed by atoms with Gasteiger partial charge in [-0.3, -0.25) is 4.79 Å². The highest BCUT2D eigenvalue weighted by Gasteiger charge is 2.52. The molecule has 2 aromatic carbocycles. The highest BCUT2D eigenvalue weighted by Crippen LogP contribution is 2.49. The first kappa shape index (κ1) is 21.1. The Bertz CT molecular complexity index is 849. The molecule has 0 saturated carbocycles. The molecule has 0 unspecified atom stereocenters. The van der Waals surface area contributed by atoms with E-state index in [4.69, 9.17) is 23.2 Å². The van der Waals surface area contributed by atoms with Crippen molar-refractivity contribution in [2.24, 2.45) is 0 Å². The summed E-state index contributed by atoms with van der Waals surface area (Å²) in [5.74, 6) is 0.0456.